The lowest BCUT2D eigenvalue weighted by Gasteiger charge is -2.33. The number of nitrogens with one attached hydrogen (secondary N) is 1. The molecule has 1 aliphatic rings. The largest absolute Gasteiger partial charge is 0.466 e. The van der Waals surface area contributed by atoms with Gasteiger partial charge < -0.3 is 19.9 Å². The number of hydrogen-bond acceptors (Lipinski definition) is 5. The molecule has 182 valence electrons. The van der Waals surface area contributed by atoms with Gasteiger partial charge >= 0.3 is 5.97 Å². The van der Waals surface area contributed by atoms with E-state index in [1.54, 1.807) is 31.0 Å². The Balaban J connectivity index is 1.96. The zero-order chi connectivity index (χ0) is 24.5. The van der Waals surface area contributed by atoms with E-state index < -0.39 is 6.04 Å². The van der Waals surface area contributed by atoms with Crippen molar-refractivity contribution in [2.75, 3.05) is 33.3 Å². The maximum atomic E-state index is 13.1. The van der Waals surface area contributed by atoms with Gasteiger partial charge in [-0.2, -0.15) is 0 Å². The molecule has 0 radical (unpaired) electrons. The fourth-order valence-corrected chi connectivity index (χ4v) is 4.03. The van der Waals surface area contributed by atoms with Crippen molar-refractivity contribution in [3.8, 4) is 0 Å². The van der Waals surface area contributed by atoms with E-state index in [-0.39, 0.29) is 42.1 Å². The van der Waals surface area contributed by atoms with E-state index >= 15 is 0 Å². The number of likely N-dealkylation sites (tertiary alicyclic amines) is 1. The zero-order valence-corrected chi connectivity index (χ0v) is 20.4. The Morgan fingerprint density at radius 1 is 1.15 bits per heavy atom. The number of aryl methyl sites for hydroxylation is 1. The lowest BCUT2D eigenvalue weighted by molar-refractivity contribution is -0.151. The molecule has 1 fully saturated rings. The summed E-state index contributed by atoms with van der Waals surface area (Å²) in [4.78, 5) is 53.7. The lowest BCUT2D eigenvalue weighted by Crippen LogP contribution is -2.51. The van der Waals surface area contributed by atoms with Crippen LogP contribution in [0.3, 0.4) is 0 Å². The molecule has 33 heavy (non-hydrogen) atoms. The Kier molecular flexibility index (Phi) is 9.88. The fourth-order valence-electron chi connectivity index (χ4n) is 4.03. The van der Waals surface area contributed by atoms with Gasteiger partial charge in [-0.1, -0.05) is 32.0 Å². The number of amides is 3. The quantitative estimate of drug-likeness (QED) is 0.572. The minimum atomic E-state index is -0.718. The van der Waals surface area contributed by atoms with Gasteiger partial charge in [-0.05, 0) is 50.7 Å². The first-order valence-electron chi connectivity index (χ1n) is 11.7. The Hall–Kier alpha value is -2.90. The van der Waals surface area contributed by atoms with Crippen LogP contribution in [0.25, 0.3) is 0 Å². The van der Waals surface area contributed by atoms with E-state index in [2.05, 4.69) is 5.32 Å². The van der Waals surface area contributed by atoms with Crippen molar-refractivity contribution in [2.24, 2.45) is 11.8 Å². The molecule has 1 aliphatic heterocycles. The third-order valence-corrected chi connectivity index (χ3v) is 5.92. The normalized spacial score (nSPS) is 15.2. The van der Waals surface area contributed by atoms with Crippen LogP contribution in [0, 0.1) is 18.8 Å². The number of likely N-dealkylation sites (N-methyl/N-ethyl adjacent to an activating group) is 1. The van der Waals surface area contributed by atoms with Crippen LogP contribution in [0.15, 0.2) is 24.3 Å². The summed E-state index contributed by atoms with van der Waals surface area (Å²) in [6, 6.07) is 6.51. The molecular weight excluding hydrogens is 422 g/mol. The molecule has 3 amide bonds. The van der Waals surface area contributed by atoms with Gasteiger partial charge in [-0.15, -0.1) is 0 Å². The molecule has 8 nitrogen and oxygen atoms in total. The van der Waals surface area contributed by atoms with E-state index in [0.29, 0.717) is 44.5 Å². The van der Waals surface area contributed by atoms with Crippen LogP contribution in [0.1, 0.15) is 56.0 Å². The molecule has 2 rings (SSSR count). The summed E-state index contributed by atoms with van der Waals surface area (Å²) in [5, 5.41) is 2.86. The first-order valence-corrected chi connectivity index (χ1v) is 11.7. The molecule has 0 spiro atoms. The van der Waals surface area contributed by atoms with Crippen LogP contribution in [-0.4, -0.2) is 72.8 Å². The molecule has 8 heteroatoms. The van der Waals surface area contributed by atoms with E-state index in [0.717, 1.165) is 5.56 Å². The van der Waals surface area contributed by atoms with Crippen molar-refractivity contribution < 1.29 is 23.9 Å². The third-order valence-electron chi connectivity index (χ3n) is 5.92. The van der Waals surface area contributed by atoms with Crippen molar-refractivity contribution in [3.63, 3.8) is 0 Å². The second kappa shape index (κ2) is 12.4. The van der Waals surface area contributed by atoms with Gasteiger partial charge in [0.25, 0.3) is 5.91 Å². The van der Waals surface area contributed by atoms with Gasteiger partial charge in [0, 0.05) is 25.7 Å². The number of carbonyl (C=O) groups excluding carboxylic acids is 4. The van der Waals surface area contributed by atoms with Crippen molar-refractivity contribution >= 4 is 23.7 Å². The summed E-state index contributed by atoms with van der Waals surface area (Å²) < 4.78 is 5.07. The van der Waals surface area contributed by atoms with Crippen LogP contribution in [0.4, 0.5) is 0 Å². The number of carbonyl (C=O) groups is 4. The van der Waals surface area contributed by atoms with Gasteiger partial charge in [-0.25, -0.2) is 0 Å². The molecule has 0 bridgehead atoms. The molecule has 1 aromatic rings. The standard InChI is InChI=1S/C25H37N3O5/c1-6-33-25(32)19-11-13-28(14-12-19)22(29)16-27(5)24(31)21(15-17(2)3)26-23(30)20-10-8-7-9-18(20)4/h7-10,17,19,21H,6,11-16H2,1-5H3,(H,26,30). The van der Waals surface area contributed by atoms with Crippen molar-refractivity contribution in [3.05, 3.63) is 35.4 Å². The molecule has 0 saturated carbocycles. The first kappa shape index (κ1) is 26.4. The lowest BCUT2D eigenvalue weighted by atomic mass is 9.97. The maximum Gasteiger partial charge on any atom is 0.309 e. The number of rotatable bonds is 9. The second-order valence-corrected chi connectivity index (χ2v) is 9.07. The summed E-state index contributed by atoms with van der Waals surface area (Å²) in [5.41, 5.74) is 1.36. The van der Waals surface area contributed by atoms with E-state index in [1.807, 2.05) is 32.9 Å². The molecule has 1 aromatic carbocycles. The Morgan fingerprint density at radius 2 is 1.79 bits per heavy atom. The highest BCUT2D eigenvalue weighted by atomic mass is 16.5. The van der Waals surface area contributed by atoms with Crippen LogP contribution >= 0.6 is 0 Å². The molecule has 0 aliphatic carbocycles. The molecule has 1 heterocycles. The minimum Gasteiger partial charge on any atom is -0.466 e. The summed E-state index contributed by atoms with van der Waals surface area (Å²) >= 11 is 0. The fraction of sp³-hybridized carbons (Fsp3) is 0.600. The highest BCUT2D eigenvalue weighted by Crippen LogP contribution is 2.19. The van der Waals surface area contributed by atoms with Gasteiger partial charge in [0.2, 0.25) is 11.8 Å². The van der Waals surface area contributed by atoms with Crippen molar-refractivity contribution in [1.82, 2.24) is 15.1 Å². The monoisotopic (exact) mass is 459 g/mol. The molecule has 0 aromatic heterocycles. The van der Waals surface area contributed by atoms with Gasteiger partial charge in [0.15, 0.2) is 0 Å². The van der Waals surface area contributed by atoms with Crippen LogP contribution < -0.4 is 5.32 Å². The summed E-state index contributed by atoms with van der Waals surface area (Å²) in [6.45, 7) is 8.80. The van der Waals surface area contributed by atoms with Crippen molar-refractivity contribution in [1.29, 1.82) is 0 Å². The van der Waals surface area contributed by atoms with E-state index in [1.165, 1.54) is 4.90 Å². The van der Waals surface area contributed by atoms with Crippen molar-refractivity contribution in [2.45, 2.75) is 53.0 Å². The van der Waals surface area contributed by atoms with Gasteiger partial charge in [0.05, 0.1) is 19.1 Å². The zero-order valence-electron chi connectivity index (χ0n) is 20.4. The number of ether oxygens (including phenoxy) is 1. The maximum absolute atomic E-state index is 13.1. The van der Waals surface area contributed by atoms with Crippen LogP contribution in [0.5, 0.6) is 0 Å². The minimum absolute atomic E-state index is 0.0717. The molecule has 1 unspecified atom stereocenters. The molecule has 1 atom stereocenters. The Bertz CT molecular complexity index is 846. The third kappa shape index (κ3) is 7.58. The van der Waals surface area contributed by atoms with Crippen LogP contribution in [0.2, 0.25) is 0 Å². The topological polar surface area (TPSA) is 96.0 Å². The number of hydrogen-bond donors (Lipinski definition) is 1. The van der Waals surface area contributed by atoms with Crippen LogP contribution in [-0.2, 0) is 19.1 Å². The Labute approximate surface area is 196 Å². The molecule has 1 saturated heterocycles. The average Bonchev–Trinajstić information content (AvgIpc) is 2.78. The summed E-state index contributed by atoms with van der Waals surface area (Å²) in [7, 11) is 1.58. The number of benzene rings is 1. The summed E-state index contributed by atoms with van der Waals surface area (Å²) in [6.07, 6.45) is 1.59. The predicted molar refractivity (Wildman–Crippen MR) is 125 cm³/mol. The summed E-state index contributed by atoms with van der Waals surface area (Å²) in [5.74, 6) is -0.963. The molecule has 1 N–H and O–H groups in total. The Morgan fingerprint density at radius 3 is 2.36 bits per heavy atom. The van der Waals surface area contributed by atoms with Gasteiger partial charge in [0.1, 0.15) is 6.04 Å². The smallest absolute Gasteiger partial charge is 0.309 e. The van der Waals surface area contributed by atoms with Gasteiger partial charge in [-0.3, -0.25) is 19.2 Å². The highest BCUT2D eigenvalue weighted by Gasteiger charge is 2.31. The SMILES string of the molecule is CCOC(=O)C1CCN(C(=O)CN(C)C(=O)C(CC(C)C)NC(=O)c2ccccc2C)CC1. The number of esters is 1. The second-order valence-electron chi connectivity index (χ2n) is 9.07. The molecular formula is C25H37N3O5. The predicted octanol–water partition coefficient (Wildman–Crippen LogP) is 2.40. The number of nitrogens with zero attached hydrogens (tertiary/aromatic N) is 2. The highest BCUT2D eigenvalue weighted by molar-refractivity contribution is 5.99. The number of piperidine rings is 1. The first-order chi connectivity index (χ1) is 15.6. The van der Waals surface area contributed by atoms with E-state index in [4.69, 9.17) is 4.74 Å². The average molecular weight is 460 g/mol. The van der Waals surface area contributed by atoms with E-state index in [9.17, 15) is 19.2 Å².